The predicted octanol–water partition coefficient (Wildman–Crippen LogP) is 1.69. The highest BCUT2D eigenvalue weighted by molar-refractivity contribution is 5.92. The molecule has 0 N–H and O–H groups in total. The summed E-state index contributed by atoms with van der Waals surface area (Å²) in [6.45, 7) is 11.2. The summed E-state index contributed by atoms with van der Waals surface area (Å²) in [6.07, 6.45) is 0.799. The van der Waals surface area contributed by atoms with Gasteiger partial charge in [-0.05, 0) is 26.3 Å². The van der Waals surface area contributed by atoms with Gasteiger partial charge in [0.15, 0.2) is 0 Å². The predicted molar refractivity (Wildman–Crippen MR) is 75.2 cm³/mol. The third kappa shape index (κ3) is 4.05. The van der Waals surface area contributed by atoms with Crippen molar-refractivity contribution in [2.24, 2.45) is 0 Å². The lowest BCUT2D eigenvalue weighted by Gasteiger charge is -2.20. The molecule has 0 fully saturated rings. The van der Waals surface area contributed by atoms with Gasteiger partial charge in [0.2, 0.25) is 0 Å². The molecule has 0 unspecified atom stereocenters. The van der Waals surface area contributed by atoms with Gasteiger partial charge in [0.1, 0.15) is 5.69 Å². The van der Waals surface area contributed by atoms with Gasteiger partial charge in [-0.25, -0.2) is 4.68 Å². The fourth-order valence-electron chi connectivity index (χ4n) is 1.75. The van der Waals surface area contributed by atoms with E-state index in [1.54, 1.807) is 4.90 Å². The molecule has 1 amide bonds. The van der Waals surface area contributed by atoms with E-state index in [4.69, 9.17) is 0 Å². The quantitative estimate of drug-likeness (QED) is 0.734. The normalized spacial score (nSPS) is 10.3. The molecule has 0 aliphatic heterocycles. The van der Waals surface area contributed by atoms with Gasteiger partial charge in [-0.3, -0.25) is 9.59 Å². The van der Waals surface area contributed by atoms with Gasteiger partial charge < -0.3 is 4.90 Å². The molecule has 0 aliphatic rings. The van der Waals surface area contributed by atoms with E-state index >= 15 is 0 Å². The van der Waals surface area contributed by atoms with Gasteiger partial charge in [0.25, 0.3) is 11.5 Å². The van der Waals surface area contributed by atoms with E-state index in [-0.39, 0.29) is 11.5 Å². The number of carbonyl (C=O) groups excluding carboxylic acids is 1. The minimum absolute atomic E-state index is 0.171. The molecule has 5 heteroatoms. The van der Waals surface area contributed by atoms with E-state index in [1.807, 2.05) is 20.8 Å². The molecule has 19 heavy (non-hydrogen) atoms. The Kier molecular flexibility index (Phi) is 5.48. The van der Waals surface area contributed by atoms with Crippen LogP contribution in [0.1, 0.15) is 37.7 Å². The van der Waals surface area contributed by atoms with Crippen LogP contribution in [0, 0.1) is 0 Å². The second-order valence-corrected chi connectivity index (χ2v) is 4.56. The minimum Gasteiger partial charge on any atom is -0.334 e. The summed E-state index contributed by atoms with van der Waals surface area (Å²) in [5, 5.41) is 4.12. The van der Waals surface area contributed by atoms with Gasteiger partial charge in [-0.2, -0.15) is 5.10 Å². The summed E-state index contributed by atoms with van der Waals surface area (Å²) >= 11 is 0. The summed E-state index contributed by atoms with van der Waals surface area (Å²) in [5.41, 5.74) is 1.04. The number of nitrogens with zero attached hydrogens (tertiary/aromatic N) is 3. The molecule has 1 aromatic heterocycles. The summed E-state index contributed by atoms with van der Waals surface area (Å²) in [4.78, 5) is 25.5. The number of hydrogen-bond donors (Lipinski definition) is 0. The number of carbonyl (C=O) groups is 1. The molecule has 0 spiro atoms. The monoisotopic (exact) mass is 263 g/mol. The first-order valence-corrected chi connectivity index (χ1v) is 6.51. The van der Waals surface area contributed by atoms with Gasteiger partial charge in [-0.1, -0.05) is 19.1 Å². The Balaban J connectivity index is 3.01. The molecular weight excluding hydrogens is 242 g/mol. The van der Waals surface area contributed by atoms with E-state index in [2.05, 4.69) is 11.7 Å². The lowest BCUT2D eigenvalue weighted by atomic mass is 10.2. The summed E-state index contributed by atoms with van der Waals surface area (Å²) in [5.74, 6) is -0.171. The lowest BCUT2D eigenvalue weighted by Crippen LogP contribution is -2.34. The minimum atomic E-state index is -0.179. The van der Waals surface area contributed by atoms with Crippen LogP contribution in [0.15, 0.2) is 29.1 Å². The van der Waals surface area contributed by atoms with Crippen LogP contribution < -0.4 is 5.56 Å². The van der Waals surface area contributed by atoms with E-state index in [1.165, 1.54) is 16.8 Å². The maximum Gasteiger partial charge on any atom is 0.274 e. The van der Waals surface area contributed by atoms with Crippen LogP contribution in [0.5, 0.6) is 0 Å². The van der Waals surface area contributed by atoms with Crippen molar-refractivity contribution in [3.8, 4) is 0 Å². The first kappa shape index (κ1) is 15.1. The van der Waals surface area contributed by atoms with Crippen LogP contribution in [0.3, 0.4) is 0 Å². The summed E-state index contributed by atoms with van der Waals surface area (Å²) < 4.78 is 1.34. The largest absolute Gasteiger partial charge is 0.334 e. The first-order chi connectivity index (χ1) is 8.99. The zero-order chi connectivity index (χ0) is 14.4. The maximum atomic E-state index is 12.3. The van der Waals surface area contributed by atoms with E-state index < -0.39 is 0 Å². The number of likely N-dealkylation sites (N-methyl/N-ethyl adjacent to an activating group) is 1. The van der Waals surface area contributed by atoms with Crippen molar-refractivity contribution < 1.29 is 4.79 Å². The van der Waals surface area contributed by atoms with Crippen molar-refractivity contribution in [1.29, 1.82) is 0 Å². The van der Waals surface area contributed by atoms with E-state index in [0.717, 1.165) is 12.0 Å². The van der Waals surface area contributed by atoms with Gasteiger partial charge >= 0.3 is 0 Å². The Bertz CT molecular complexity index is 520. The third-order valence-corrected chi connectivity index (χ3v) is 2.65. The first-order valence-electron chi connectivity index (χ1n) is 6.51. The van der Waals surface area contributed by atoms with Crippen LogP contribution in [0.2, 0.25) is 0 Å². The highest BCUT2D eigenvalue weighted by Crippen LogP contribution is 2.03. The van der Waals surface area contributed by atoms with E-state index in [0.29, 0.717) is 25.3 Å². The second kappa shape index (κ2) is 6.87. The van der Waals surface area contributed by atoms with Gasteiger partial charge in [0.05, 0.1) is 0 Å². The molecule has 0 radical (unpaired) electrons. The van der Waals surface area contributed by atoms with E-state index in [9.17, 15) is 9.59 Å². The van der Waals surface area contributed by atoms with Crippen molar-refractivity contribution in [3.63, 3.8) is 0 Å². The molecular formula is C14H21N3O2. The number of amides is 1. The number of aromatic nitrogens is 2. The van der Waals surface area contributed by atoms with Crippen molar-refractivity contribution in [2.75, 3.05) is 13.1 Å². The Morgan fingerprint density at radius 1 is 1.42 bits per heavy atom. The van der Waals surface area contributed by atoms with Crippen molar-refractivity contribution >= 4 is 5.91 Å². The fraction of sp³-hybridized carbons (Fsp3) is 0.500. The fourth-order valence-corrected chi connectivity index (χ4v) is 1.75. The number of hydrogen-bond acceptors (Lipinski definition) is 3. The Hall–Kier alpha value is -1.91. The van der Waals surface area contributed by atoms with Crippen molar-refractivity contribution in [3.05, 3.63) is 40.3 Å². The SMILES string of the molecule is C=C(C)CN(CC)C(=O)c1ccc(=O)n(CCC)n1. The molecule has 1 aromatic rings. The van der Waals surface area contributed by atoms with Crippen LogP contribution in [0.25, 0.3) is 0 Å². The molecule has 0 bridgehead atoms. The molecule has 5 nitrogen and oxygen atoms in total. The van der Waals surface area contributed by atoms with Gasteiger partial charge in [-0.15, -0.1) is 0 Å². The molecule has 104 valence electrons. The van der Waals surface area contributed by atoms with Crippen LogP contribution in [0.4, 0.5) is 0 Å². The van der Waals surface area contributed by atoms with Crippen LogP contribution >= 0.6 is 0 Å². The molecule has 0 saturated heterocycles. The molecule has 0 aliphatic carbocycles. The van der Waals surface area contributed by atoms with Crippen LogP contribution in [-0.4, -0.2) is 33.7 Å². The highest BCUT2D eigenvalue weighted by Gasteiger charge is 2.16. The average molecular weight is 263 g/mol. The lowest BCUT2D eigenvalue weighted by molar-refractivity contribution is 0.0769. The Labute approximate surface area is 113 Å². The summed E-state index contributed by atoms with van der Waals surface area (Å²) in [7, 11) is 0. The zero-order valence-corrected chi connectivity index (χ0v) is 11.8. The molecule has 1 heterocycles. The molecule has 0 aromatic carbocycles. The molecule has 1 rings (SSSR count). The Morgan fingerprint density at radius 2 is 2.11 bits per heavy atom. The molecule has 0 atom stereocenters. The summed E-state index contributed by atoms with van der Waals surface area (Å²) in [6, 6.07) is 2.88. The second-order valence-electron chi connectivity index (χ2n) is 4.56. The third-order valence-electron chi connectivity index (χ3n) is 2.65. The standard InChI is InChI=1S/C14H21N3O2/c1-5-9-17-13(18)8-7-12(15-17)14(19)16(6-2)10-11(3)4/h7-8H,3,5-6,9-10H2,1-2,4H3. The number of aryl methyl sites for hydroxylation is 1. The maximum absolute atomic E-state index is 12.3. The van der Waals surface area contributed by atoms with Crippen LogP contribution in [-0.2, 0) is 6.54 Å². The molecule has 0 saturated carbocycles. The Morgan fingerprint density at radius 3 is 2.63 bits per heavy atom. The zero-order valence-electron chi connectivity index (χ0n) is 11.8. The topological polar surface area (TPSA) is 55.2 Å². The highest BCUT2D eigenvalue weighted by atomic mass is 16.2. The van der Waals surface area contributed by atoms with Crippen molar-refractivity contribution in [1.82, 2.24) is 14.7 Å². The average Bonchev–Trinajstić information content (AvgIpc) is 2.37. The smallest absolute Gasteiger partial charge is 0.274 e. The van der Waals surface area contributed by atoms with Gasteiger partial charge in [0, 0.05) is 25.7 Å². The number of rotatable bonds is 6. The van der Waals surface area contributed by atoms with Crippen molar-refractivity contribution in [2.45, 2.75) is 33.7 Å².